The molecule has 0 atom stereocenters. The summed E-state index contributed by atoms with van der Waals surface area (Å²) in [5.41, 5.74) is 1.68. The number of hydrogen-bond donors (Lipinski definition) is 0. The van der Waals surface area contributed by atoms with E-state index in [0.29, 0.717) is 49.2 Å². The molecule has 0 fully saturated rings. The van der Waals surface area contributed by atoms with Gasteiger partial charge in [-0.15, -0.1) is 11.3 Å². The molecule has 4 rings (SSSR count). The van der Waals surface area contributed by atoms with Gasteiger partial charge in [0.2, 0.25) is 11.9 Å². The van der Waals surface area contributed by atoms with Crippen molar-refractivity contribution in [2.45, 2.75) is 13.0 Å². The van der Waals surface area contributed by atoms with Crippen LogP contribution < -0.4 is 9.80 Å². The molecular formula is C18H20ClN5O3S. The minimum absolute atomic E-state index is 0.0729. The predicted octanol–water partition coefficient (Wildman–Crippen LogP) is 1.82. The molecule has 2 aromatic heterocycles. The number of carbonyl (C=O) groups is 2. The van der Waals surface area contributed by atoms with Crippen LogP contribution in [0, 0.1) is 0 Å². The molecule has 28 heavy (non-hydrogen) atoms. The SMILES string of the molecule is COCCN1C(=O)CN(C)C(=O)c2c1sc1c2CCN(c2ncc(Cl)cn2)C1. The number of nitrogens with zero attached hydrogens (tertiary/aromatic N) is 5. The van der Waals surface area contributed by atoms with Crippen LogP contribution in [0.15, 0.2) is 12.4 Å². The molecule has 2 aliphatic heterocycles. The highest BCUT2D eigenvalue weighted by Gasteiger charge is 2.36. The van der Waals surface area contributed by atoms with E-state index in [0.717, 1.165) is 15.4 Å². The fraction of sp³-hybridized carbons (Fsp3) is 0.444. The van der Waals surface area contributed by atoms with Crippen LogP contribution in [0.4, 0.5) is 10.9 Å². The maximum absolute atomic E-state index is 13.0. The average Bonchev–Trinajstić information content (AvgIpc) is 3.02. The quantitative estimate of drug-likeness (QED) is 0.749. The second kappa shape index (κ2) is 7.65. The molecule has 148 valence electrons. The Bertz CT molecular complexity index is 917. The Labute approximate surface area is 171 Å². The monoisotopic (exact) mass is 421 g/mol. The van der Waals surface area contributed by atoms with Crippen molar-refractivity contribution in [1.29, 1.82) is 0 Å². The zero-order valence-corrected chi connectivity index (χ0v) is 17.2. The standard InChI is InChI=1S/C18H20ClN5O3S/c1-22-10-14(25)24(5-6-27-2)17-15(16(22)26)12-3-4-23(9-13(12)28-17)18-20-7-11(19)8-21-18/h7-8H,3-6,9-10H2,1-2H3. The molecule has 0 saturated carbocycles. The smallest absolute Gasteiger partial charge is 0.257 e. The zero-order chi connectivity index (χ0) is 19.8. The molecule has 0 bridgehead atoms. The summed E-state index contributed by atoms with van der Waals surface area (Å²) in [5, 5.41) is 1.21. The van der Waals surface area contributed by atoms with Crippen molar-refractivity contribution in [2.24, 2.45) is 0 Å². The topological polar surface area (TPSA) is 78.9 Å². The molecule has 4 heterocycles. The minimum atomic E-state index is -0.100. The van der Waals surface area contributed by atoms with Crippen molar-refractivity contribution in [3.8, 4) is 0 Å². The van der Waals surface area contributed by atoms with Gasteiger partial charge in [0.1, 0.15) is 11.5 Å². The van der Waals surface area contributed by atoms with Crippen molar-refractivity contribution in [3.63, 3.8) is 0 Å². The molecule has 10 heteroatoms. The number of fused-ring (bicyclic) bond motifs is 3. The Hall–Kier alpha value is -2.23. The first-order valence-corrected chi connectivity index (χ1v) is 10.1. The lowest BCUT2D eigenvalue weighted by Crippen LogP contribution is -2.39. The molecule has 2 aromatic rings. The number of likely N-dealkylation sites (N-methyl/N-ethyl adjacent to an activating group) is 1. The van der Waals surface area contributed by atoms with E-state index >= 15 is 0 Å². The third-order valence-corrected chi connectivity index (χ3v) is 6.36. The third kappa shape index (κ3) is 3.34. The molecule has 0 N–H and O–H groups in total. The normalized spacial score (nSPS) is 16.9. The second-order valence-corrected chi connectivity index (χ2v) is 8.28. The van der Waals surface area contributed by atoms with E-state index in [2.05, 4.69) is 14.9 Å². The van der Waals surface area contributed by atoms with Crippen molar-refractivity contribution >= 4 is 45.7 Å². The molecular weight excluding hydrogens is 402 g/mol. The summed E-state index contributed by atoms with van der Waals surface area (Å²) in [6.45, 7) is 2.20. The molecule has 2 aliphatic rings. The van der Waals surface area contributed by atoms with Gasteiger partial charge in [-0.25, -0.2) is 9.97 Å². The van der Waals surface area contributed by atoms with E-state index < -0.39 is 0 Å². The van der Waals surface area contributed by atoms with Gasteiger partial charge in [-0.2, -0.15) is 0 Å². The van der Waals surface area contributed by atoms with Crippen LogP contribution in [0.25, 0.3) is 0 Å². The first-order chi connectivity index (χ1) is 13.5. The fourth-order valence-corrected chi connectivity index (χ4v) is 5.01. The van der Waals surface area contributed by atoms with E-state index in [-0.39, 0.29) is 18.4 Å². The number of carbonyl (C=O) groups excluding carboxylic acids is 2. The number of ether oxygens (including phenoxy) is 1. The van der Waals surface area contributed by atoms with Crippen LogP contribution in [-0.2, 0) is 22.5 Å². The van der Waals surface area contributed by atoms with Gasteiger partial charge in [0.05, 0.1) is 42.7 Å². The van der Waals surface area contributed by atoms with Crippen molar-refractivity contribution in [2.75, 3.05) is 50.2 Å². The van der Waals surface area contributed by atoms with Gasteiger partial charge in [0.15, 0.2) is 0 Å². The summed E-state index contributed by atoms with van der Waals surface area (Å²) in [7, 11) is 3.27. The van der Waals surface area contributed by atoms with Gasteiger partial charge >= 0.3 is 0 Å². The van der Waals surface area contributed by atoms with Crippen LogP contribution in [0.2, 0.25) is 5.02 Å². The van der Waals surface area contributed by atoms with E-state index in [1.165, 1.54) is 16.2 Å². The summed E-state index contributed by atoms with van der Waals surface area (Å²) in [4.78, 5) is 40.6. The summed E-state index contributed by atoms with van der Waals surface area (Å²) >= 11 is 7.39. The number of thiophene rings is 1. The number of hydrogen-bond acceptors (Lipinski definition) is 7. The molecule has 2 amide bonds. The largest absolute Gasteiger partial charge is 0.383 e. The maximum atomic E-state index is 13.0. The van der Waals surface area contributed by atoms with E-state index in [1.807, 2.05) is 0 Å². The maximum Gasteiger partial charge on any atom is 0.257 e. The highest BCUT2D eigenvalue weighted by Crippen LogP contribution is 2.41. The van der Waals surface area contributed by atoms with Gasteiger partial charge in [0.25, 0.3) is 5.91 Å². The summed E-state index contributed by atoms with van der Waals surface area (Å²) in [6, 6.07) is 0. The molecule has 8 nitrogen and oxygen atoms in total. The lowest BCUT2D eigenvalue weighted by atomic mass is 10.0. The van der Waals surface area contributed by atoms with Crippen LogP contribution in [0.5, 0.6) is 0 Å². The van der Waals surface area contributed by atoms with E-state index in [4.69, 9.17) is 16.3 Å². The number of halogens is 1. The van der Waals surface area contributed by atoms with Crippen molar-refractivity contribution in [3.05, 3.63) is 33.4 Å². The van der Waals surface area contributed by atoms with Gasteiger partial charge in [-0.3, -0.25) is 14.5 Å². The molecule has 0 unspecified atom stereocenters. The molecule has 0 radical (unpaired) electrons. The van der Waals surface area contributed by atoms with Crippen LogP contribution >= 0.6 is 22.9 Å². The Morgan fingerprint density at radius 1 is 1.25 bits per heavy atom. The van der Waals surface area contributed by atoms with Gasteiger partial charge in [-0.05, 0) is 12.0 Å². The number of methoxy groups -OCH3 is 1. The number of rotatable bonds is 4. The minimum Gasteiger partial charge on any atom is -0.383 e. The first-order valence-electron chi connectivity index (χ1n) is 8.91. The first kappa shape index (κ1) is 19.1. The summed E-state index contributed by atoms with van der Waals surface area (Å²) < 4.78 is 5.17. The number of amides is 2. The zero-order valence-electron chi connectivity index (χ0n) is 15.6. The van der Waals surface area contributed by atoms with Crippen molar-refractivity contribution in [1.82, 2.24) is 14.9 Å². The van der Waals surface area contributed by atoms with Crippen LogP contribution in [0.3, 0.4) is 0 Å². The number of aromatic nitrogens is 2. The second-order valence-electron chi connectivity index (χ2n) is 6.76. The van der Waals surface area contributed by atoms with Crippen LogP contribution in [0.1, 0.15) is 20.8 Å². The van der Waals surface area contributed by atoms with E-state index in [9.17, 15) is 9.59 Å². The molecule has 0 saturated heterocycles. The van der Waals surface area contributed by atoms with Gasteiger partial charge < -0.3 is 14.5 Å². The Kier molecular flexibility index (Phi) is 5.22. The highest BCUT2D eigenvalue weighted by molar-refractivity contribution is 7.17. The van der Waals surface area contributed by atoms with Crippen molar-refractivity contribution < 1.29 is 14.3 Å². The fourth-order valence-electron chi connectivity index (χ4n) is 3.51. The number of anilines is 2. The Balaban J connectivity index is 1.71. The van der Waals surface area contributed by atoms with Gasteiger partial charge in [0, 0.05) is 25.6 Å². The van der Waals surface area contributed by atoms with E-state index in [1.54, 1.807) is 31.5 Å². The molecule has 0 aliphatic carbocycles. The lowest BCUT2D eigenvalue weighted by Gasteiger charge is -2.27. The molecule has 0 spiro atoms. The summed E-state index contributed by atoms with van der Waals surface area (Å²) in [6.07, 6.45) is 3.85. The Morgan fingerprint density at radius 3 is 2.71 bits per heavy atom. The highest BCUT2D eigenvalue weighted by atomic mass is 35.5. The third-order valence-electron chi connectivity index (χ3n) is 4.93. The summed E-state index contributed by atoms with van der Waals surface area (Å²) in [5.74, 6) is 0.412. The molecule has 0 aromatic carbocycles. The van der Waals surface area contributed by atoms with Crippen LogP contribution in [-0.4, -0.2) is 67.1 Å². The average molecular weight is 422 g/mol. The predicted molar refractivity (Wildman–Crippen MR) is 107 cm³/mol. The Morgan fingerprint density at radius 2 is 2.00 bits per heavy atom. The lowest BCUT2D eigenvalue weighted by molar-refractivity contribution is -0.119. The van der Waals surface area contributed by atoms with Gasteiger partial charge in [-0.1, -0.05) is 11.6 Å².